The summed E-state index contributed by atoms with van der Waals surface area (Å²) in [5.74, 6) is 1.54. The second-order valence-corrected chi connectivity index (χ2v) is 10.6. The van der Waals surface area contributed by atoms with E-state index in [1.807, 2.05) is 44.4 Å². The summed E-state index contributed by atoms with van der Waals surface area (Å²) in [6.07, 6.45) is 4.55. The fraction of sp³-hybridized carbons (Fsp3) is 0.375. The average molecular weight is 509 g/mol. The van der Waals surface area contributed by atoms with E-state index in [2.05, 4.69) is 57.4 Å². The van der Waals surface area contributed by atoms with E-state index in [0.717, 1.165) is 71.9 Å². The number of ether oxygens (including phenoxy) is 1. The van der Waals surface area contributed by atoms with E-state index in [-0.39, 0.29) is 0 Å². The van der Waals surface area contributed by atoms with E-state index in [1.165, 1.54) is 18.4 Å². The lowest BCUT2D eigenvalue weighted by Crippen LogP contribution is -2.33. The number of nitriles is 1. The fourth-order valence-electron chi connectivity index (χ4n) is 5.32. The Kier molecular flexibility index (Phi) is 8.37. The van der Waals surface area contributed by atoms with Gasteiger partial charge in [-0.25, -0.2) is 0 Å². The molecule has 1 saturated heterocycles. The van der Waals surface area contributed by atoms with Gasteiger partial charge in [0.1, 0.15) is 12.4 Å². The number of aryl methyl sites for hydroxylation is 1. The van der Waals surface area contributed by atoms with Crippen LogP contribution in [0.1, 0.15) is 47.2 Å². The van der Waals surface area contributed by atoms with E-state index >= 15 is 0 Å². The Hall–Kier alpha value is -3.66. The first-order chi connectivity index (χ1) is 18.6. The Bertz CT molecular complexity index is 1360. The minimum atomic E-state index is 0.432. The van der Waals surface area contributed by atoms with Crippen molar-refractivity contribution < 1.29 is 9.26 Å². The largest absolute Gasteiger partial charge is 0.488 e. The molecule has 6 nitrogen and oxygen atoms in total. The molecule has 4 aromatic rings. The topological polar surface area (TPSA) is 65.5 Å². The Morgan fingerprint density at radius 3 is 2.47 bits per heavy atom. The summed E-state index contributed by atoms with van der Waals surface area (Å²) < 4.78 is 12.1. The number of nitrogens with zero attached hydrogens (tertiary/aromatic N) is 4. The normalized spacial score (nSPS) is 14.7. The second-order valence-electron chi connectivity index (χ2n) is 10.6. The predicted octanol–water partition coefficient (Wildman–Crippen LogP) is 6.18. The van der Waals surface area contributed by atoms with Gasteiger partial charge < -0.3 is 14.2 Å². The quantitative estimate of drug-likeness (QED) is 0.255. The van der Waals surface area contributed by atoms with Crippen molar-refractivity contribution in [2.75, 3.05) is 27.2 Å². The second kappa shape index (κ2) is 12.3. The summed E-state index contributed by atoms with van der Waals surface area (Å²) in [6.45, 7) is 4.50. The molecule has 2 heterocycles. The van der Waals surface area contributed by atoms with Crippen LogP contribution in [0, 0.1) is 17.2 Å². The molecule has 0 amide bonds. The van der Waals surface area contributed by atoms with Crippen molar-refractivity contribution in [2.24, 2.45) is 5.92 Å². The van der Waals surface area contributed by atoms with Crippen LogP contribution in [0.5, 0.6) is 5.75 Å². The smallest absolute Gasteiger partial charge is 0.175 e. The van der Waals surface area contributed by atoms with Crippen molar-refractivity contribution in [3.8, 4) is 11.8 Å². The van der Waals surface area contributed by atoms with Crippen molar-refractivity contribution in [2.45, 2.75) is 45.4 Å². The first kappa shape index (κ1) is 26.0. The van der Waals surface area contributed by atoms with Gasteiger partial charge in [0.15, 0.2) is 5.58 Å². The van der Waals surface area contributed by atoms with Crippen molar-refractivity contribution >= 4 is 11.0 Å². The molecule has 0 N–H and O–H groups in total. The van der Waals surface area contributed by atoms with Gasteiger partial charge in [-0.3, -0.25) is 4.90 Å². The van der Waals surface area contributed by atoms with E-state index in [1.54, 1.807) is 0 Å². The van der Waals surface area contributed by atoms with Crippen LogP contribution in [0.2, 0.25) is 0 Å². The van der Waals surface area contributed by atoms with Gasteiger partial charge in [-0.15, -0.1) is 0 Å². The maximum atomic E-state index is 9.03. The lowest BCUT2D eigenvalue weighted by molar-refractivity contribution is 0.172. The lowest BCUT2D eigenvalue weighted by atomic mass is 9.91. The molecule has 196 valence electrons. The standard InChI is InChI=1S/C32H36N4O2/c1-35(2)22-29-31(37-23-27-10-8-25(20-33)9-11-27)15-13-28-30(34-38-32(28)29)14-12-24-16-18-36(19-17-24)21-26-6-4-3-5-7-26/h3-11,13,15,24H,12,14,16-19,21-23H2,1-2H3. The summed E-state index contributed by atoms with van der Waals surface area (Å²) in [4.78, 5) is 4.69. The highest BCUT2D eigenvalue weighted by atomic mass is 16.5. The van der Waals surface area contributed by atoms with Crippen molar-refractivity contribution in [1.29, 1.82) is 5.26 Å². The number of piperidine rings is 1. The molecule has 1 aromatic heterocycles. The average Bonchev–Trinajstić information content (AvgIpc) is 3.36. The molecular weight excluding hydrogens is 472 g/mol. The molecule has 0 spiro atoms. The number of likely N-dealkylation sites (tertiary alicyclic amines) is 1. The van der Waals surface area contributed by atoms with Gasteiger partial charge in [0.05, 0.1) is 22.9 Å². The van der Waals surface area contributed by atoms with Crippen molar-refractivity contribution in [3.05, 3.63) is 94.7 Å². The van der Waals surface area contributed by atoms with Crippen LogP contribution in [0.3, 0.4) is 0 Å². The van der Waals surface area contributed by atoms with Crippen LogP contribution in [0.25, 0.3) is 11.0 Å². The minimum absolute atomic E-state index is 0.432. The summed E-state index contributed by atoms with van der Waals surface area (Å²) >= 11 is 0. The highest BCUT2D eigenvalue weighted by molar-refractivity contribution is 5.84. The molecular formula is C32H36N4O2. The number of fused-ring (bicyclic) bond motifs is 1. The van der Waals surface area contributed by atoms with E-state index in [9.17, 15) is 0 Å². The van der Waals surface area contributed by atoms with Gasteiger partial charge in [0.25, 0.3) is 0 Å². The van der Waals surface area contributed by atoms with Crippen LogP contribution in [-0.4, -0.2) is 42.1 Å². The number of benzene rings is 3. The Balaban J connectivity index is 1.22. The zero-order valence-electron chi connectivity index (χ0n) is 22.4. The number of aromatic nitrogens is 1. The van der Waals surface area contributed by atoms with Gasteiger partial charge in [-0.1, -0.05) is 47.6 Å². The van der Waals surface area contributed by atoms with Gasteiger partial charge in [-0.2, -0.15) is 5.26 Å². The number of rotatable bonds is 10. The van der Waals surface area contributed by atoms with Crippen LogP contribution < -0.4 is 4.74 Å². The molecule has 0 aliphatic carbocycles. The SMILES string of the molecule is CN(C)Cc1c(OCc2ccc(C#N)cc2)ccc2c(CCC3CCN(Cc4ccccc4)CC3)noc12. The van der Waals surface area contributed by atoms with Crippen molar-refractivity contribution in [3.63, 3.8) is 0 Å². The third-order valence-electron chi connectivity index (χ3n) is 7.47. The highest BCUT2D eigenvalue weighted by Gasteiger charge is 2.22. The van der Waals surface area contributed by atoms with Crippen LogP contribution in [0.4, 0.5) is 0 Å². The molecule has 0 saturated carbocycles. The van der Waals surface area contributed by atoms with Gasteiger partial charge >= 0.3 is 0 Å². The molecule has 0 radical (unpaired) electrons. The molecule has 1 aliphatic rings. The molecule has 0 bridgehead atoms. The summed E-state index contributed by atoms with van der Waals surface area (Å²) in [6, 6.07) is 24.6. The van der Waals surface area contributed by atoms with E-state index in [4.69, 9.17) is 14.5 Å². The Morgan fingerprint density at radius 1 is 1.00 bits per heavy atom. The minimum Gasteiger partial charge on any atom is -0.488 e. The maximum absolute atomic E-state index is 9.03. The van der Waals surface area contributed by atoms with E-state index in [0.29, 0.717) is 18.7 Å². The zero-order valence-corrected chi connectivity index (χ0v) is 22.4. The first-order valence-electron chi connectivity index (χ1n) is 13.5. The predicted molar refractivity (Wildman–Crippen MR) is 150 cm³/mol. The van der Waals surface area contributed by atoms with Gasteiger partial charge in [0, 0.05) is 18.5 Å². The molecule has 38 heavy (non-hydrogen) atoms. The van der Waals surface area contributed by atoms with Crippen LogP contribution in [0.15, 0.2) is 71.3 Å². The molecule has 1 fully saturated rings. The third kappa shape index (κ3) is 6.42. The third-order valence-corrected chi connectivity index (χ3v) is 7.47. The van der Waals surface area contributed by atoms with Gasteiger partial charge in [0.2, 0.25) is 0 Å². The summed E-state index contributed by atoms with van der Waals surface area (Å²) in [5.41, 5.74) is 5.96. The Morgan fingerprint density at radius 2 is 1.76 bits per heavy atom. The Labute approximate surface area is 225 Å². The summed E-state index contributed by atoms with van der Waals surface area (Å²) in [7, 11) is 4.09. The zero-order chi connectivity index (χ0) is 26.3. The summed E-state index contributed by atoms with van der Waals surface area (Å²) in [5, 5.41) is 14.6. The first-order valence-corrected chi connectivity index (χ1v) is 13.5. The molecule has 0 unspecified atom stereocenters. The molecule has 6 heteroatoms. The van der Waals surface area contributed by atoms with Crippen LogP contribution in [-0.2, 0) is 26.1 Å². The van der Waals surface area contributed by atoms with Crippen molar-refractivity contribution in [1.82, 2.24) is 15.0 Å². The van der Waals surface area contributed by atoms with E-state index < -0.39 is 0 Å². The van der Waals surface area contributed by atoms with Crippen LogP contribution >= 0.6 is 0 Å². The molecule has 0 atom stereocenters. The molecule has 5 rings (SSSR count). The number of hydrogen-bond donors (Lipinski definition) is 0. The lowest BCUT2D eigenvalue weighted by Gasteiger charge is -2.31. The van der Waals surface area contributed by atoms with Gasteiger partial charge in [-0.05, 0) is 94.2 Å². The molecule has 1 aliphatic heterocycles. The highest BCUT2D eigenvalue weighted by Crippen LogP contribution is 2.33. The molecule has 3 aromatic carbocycles. The fourth-order valence-corrected chi connectivity index (χ4v) is 5.32. The maximum Gasteiger partial charge on any atom is 0.175 e. The monoisotopic (exact) mass is 508 g/mol. The number of hydrogen-bond acceptors (Lipinski definition) is 6.